The number of aromatic nitrogens is 2. The summed E-state index contributed by atoms with van der Waals surface area (Å²) >= 11 is 1.19. The Bertz CT molecular complexity index is 980. The number of rotatable bonds is 3. The Hall–Kier alpha value is -2.74. The van der Waals surface area contributed by atoms with Crippen molar-refractivity contribution in [2.75, 3.05) is 11.9 Å². The van der Waals surface area contributed by atoms with Crippen molar-refractivity contribution in [2.45, 2.75) is 6.92 Å². The molecule has 124 valence electrons. The van der Waals surface area contributed by atoms with Crippen LogP contribution >= 0.6 is 11.3 Å². The lowest BCUT2D eigenvalue weighted by molar-refractivity contribution is 0.252. The van der Waals surface area contributed by atoms with Gasteiger partial charge in [0.2, 0.25) is 0 Å². The summed E-state index contributed by atoms with van der Waals surface area (Å²) in [7, 11) is 1.63. The van der Waals surface area contributed by atoms with Gasteiger partial charge < -0.3 is 9.88 Å². The van der Waals surface area contributed by atoms with Crippen LogP contribution in [0.25, 0.3) is 21.3 Å². The molecule has 1 aromatic carbocycles. The molecule has 0 radical (unpaired) electrons. The van der Waals surface area contributed by atoms with Crippen molar-refractivity contribution < 1.29 is 9.18 Å². The van der Waals surface area contributed by atoms with Crippen molar-refractivity contribution in [2.24, 2.45) is 7.05 Å². The van der Waals surface area contributed by atoms with Crippen molar-refractivity contribution in [3.8, 4) is 11.1 Å². The van der Waals surface area contributed by atoms with Gasteiger partial charge in [-0.2, -0.15) is 0 Å². The van der Waals surface area contributed by atoms with E-state index >= 15 is 0 Å². The van der Waals surface area contributed by atoms with Crippen LogP contribution in [-0.2, 0) is 7.05 Å². The number of benzene rings is 1. The average Bonchev–Trinajstić information content (AvgIpc) is 2.90. The van der Waals surface area contributed by atoms with E-state index in [9.17, 15) is 14.0 Å². The zero-order valence-electron chi connectivity index (χ0n) is 13.1. The van der Waals surface area contributed by atoms with Gasteiger partial charge in [-0.05, 0) is 30.7 Å². The van der Waals surface area contributed by atoms with Crippen molar-refractivity contribution in [3.63, 3.8) is 0 Å². The monoisotopic (exact) mass is 346 g/mol. The molecule has 0 saturated heterocycles. The maximum absolute atomic E-state index is 14.4. The van der Waals surface area contributed by atoms with Crippen molar-refractivity contribution in [1.29, 1.82) is 0 Å². The van der Waals surface area contributed by atoms with Crippen LogP contribution in [0.4, 0.5) is 14.3 Å². The summed E-state index contributed by atoms with van der Waals surface area (Å²) < 4.78 is 16.4. The molecule has 3 rings (SSSR count). The molecule has 2 heterocycles. The van der Waals surface area contributed by atoms with E-state index in [1.807, 2.05) is 6.92 Å². The second kappa shape index (κ2) is 6.40. The molecule has 0 unspecified atom stereocenters. The second-order valence-corrected chi connectivity index (χ2v) is 6.20. The molecular formula is C16H15FN4O2S. The molecule has 0 spiro atoms. The number of hydrogen-bond donors (Lipinski definition) is 2. The number of fused-ring (bicyclic) bond motifs is 1. The molecule has 8 heteroatoms. The fraction of sp³-hybridized carbons (Fsp3) is 0.188. The van der Waals surface area contributed by atoms with E-state index in [1.54, 1.807) is 25.4 Å². The fourth-order valence-corrected chi connectivity index (χ4v) is 3.11. The first-order valence-corrected chi connectivity index (χ1v) is 8.11. The number of thiazole rings is 1. The number of hydrogen-bond acceptors (Lipinski definition) is 4. The molecular weight excluding hydrogens is 331 g/mol. The van der Waals surface area contributed by atoms with Crippen LogP contribution < -0.4 is 16.2 Å². The molecule has 6 nitrogen and oxygen atoms in total. The van der Waals surface area contributed by atoms with Crippen LogP contribution in [0, 0.1) is 5.82 Å². The number of nitrogens with zero attached hydrogens (tertiary/aromatic N) is 2. The molecule has 0 aliphatic heterocycles. The number of halogens is 1. The summed E-state index contributed by atoms with van der Waals surface area (Å²) in [5.74, 6) is -0.441. The molecule has 3 aromatic rings. The average molecular weight is 346 g/mol. The van der Waals surface area contributed by atoms with E-state index in [0.717, 1.165) is 0 Å². The van der Waals surface area contributed by atoms with Gasteiger partial charge in [-0.25, -0.2) is 14.2 Å². The summed E-state index contributed by atoms with van der Waals surface area (Å²) in [5.41, 5.74) is 1.13. The van der Waals surface area contributed by atoms with E-state index < -0.39 is 5.82 Å². The second-order valence-electron chi connectivity index (χ2n) is 5.17. The molecule has 0 aliphatic rings. The zero-order chi connectivity index (χ0) is 17.3. The number of aryl methyl sites for hydroxylation is 1. The Morgan fingerprint density at radius 1 is 1.38 bits per heavy atom. The minimum atomic E-state index is -0.441. The quantitative estimate of drug-likeness (QED) is 0.765. The first-order chi connectivity index (χ1) is 11.5. The highest BCUT2D eigenvalue weighted by Crippen LogP contribution is 2.32. The summed E-state index contributed by atoms with van der Waals surface area (Å²) in [6, 6.07) is 5.64. The number of carbonyl (C=O) groups is 1. The summed E-state index contributed by atoms with van der Waals surface area (Å²) in [4.78, 5) is 27.6. The minimum Gasteiger partial charge on any atom is -0.338 e. The van der Waals surface area contributed by atoms with Crippen LogP contribution in [-0.4, -0.2) is 22.1 Å². The number of nitrogens with one attached hydrogen (secondary N) is 2. The summed E-state index contributed by atoms with van der Waals surface area (Å²) in [6.07, 6.45) is 1.59. The molecule has 0 fully saturated rings. The topological polar surface area (TPSA) is 76.0 Å². The normalized spacial score (nSPS) is 10.8. The fourth-order valence-electron chi connectivity index (χ4n) is 2.24. The first-order valence-electron chi connectivity index (χ1n) is 7.30. The Balaban J connectivity index is 2.01. The van der Waals surface area contributed by atoms with Crippen LogP contribution in [0.5, 0.6) is 0 Å². The third kappa shape index (κ3) is 3.13. The first kappa shape index (κ1) is 16.1. The van der Waals surface area contributed by atoms with Gasteiger partial charge in [-0.1, -0.05) is 11.3 Å². The Kier molecular flexibility index (Phi) is 4.30. The van der Waals surface area contributed by atoms with Gasteiger partial charge in [0.15, 0.2) is 5.13 Å². The standard InChI is InChI=1S/C16H15FN4O2S/c1-3-18-15(23)20-16-19-12-7-10(11(17)8-13(12)24-16)9-4-5-21(2)14(22)6-9/h4-8H,3H2,1-2H3,(H2,18,19,20,23). The maximum atomic E-state index is 14.4. The van der Waals surface area contributed by atoms with Crippen LogP contribution in [0.3, 0.4) is 0 Å². The van der Waals surface area contributed by atoms with E-state index in [4.69, 9.17) is 0 Å². The van der Waals surface area contributed by atoms with Gasteiger partial charge in [-0.15, -0.1) is 0 Å². The highest BCUT2D eigenvalue weighted by atomic mass is 32.1. The number of urea groups is 1. The Morgan fingerprint density at radius 2 is 2.17 bits per heavy atom. The molecule has 2 amide bonds. The number of pyridine rings is 1. The minimum absolute atomic E-state index is 0.219. The van der Waals surface area contributed by atoms with Crippen molar-refractivity contribution in [1.82, 2.24) is 14.9 Å². The molecule has 0 saturated carbocycles. The third-order valence-corrected chi connectivity index (χ3v) is 4.38. The summed E-state index contributed by atoms with van der Waals surface area (Å²) in [6.45, 7) is 2.31. The maximum Gasteiger partial charge on any atom is 0.321 e. The predicted molar refractivity (Wildman–Crippen MR) is 93.0 cm³/mol. The lowest BCUT2D eigenvalue weighted by Crippen LogP contribution is -2.28. The number of carbonyl (C=O) groups excluding carboxylic acids is 1. The molecule has 2 N–H and O–H groups in total. The van der Waals surface area contributed by atoms with E-state index in [-0.39, 0.29) is 11.6 Å². The van der Waals surface area contributed by atoms with Gasteiger partial charge >= 0.3 is 6.03 Å². The third-order valence-electron chi connectivity index (χ3n) is 3.45. The molecule has 0 bridgehead atoms. The lowest BCUT2D eigenvalue weighted by Gasteiger charge is -2.04. The van der Waals surface area contributed by atoms with Crippen LogP contribution in [0.1, 0.15) is 6.92 Å². The SMILES string of the molecule is CCNC(=O)Nc1nc2cc(-c3ccn(C)c(=O)c3)c(F)cc2s1. The van der Waals surface area contributed by atoms with Crippen molar-refractivity contribution in [3.05, 3.63) is 46.6 Å². The van der Waals surface area contributed by atoms with Gasteiger partial charge in [-0.3, -0.25) is 10.1 Å². The van der Waals surface area contributed by atoms with Crippen LogP contribution in [0.2, 0.25) is 0 Å². The van der Waals surface area contributed by atoms with Gasteiger partial charge in [0.25, 0.3) is 5.56 Å². The summed E-state index contributed by atoms with van der Waals surface area (Å²) in [5, 5.41) is 5.60. The number of anilines is 1. The number of amides is 2. The molecule has 0 aliphatic carbocycles. The largest absolute Gasteiger partial charge is 0.338 e. The van der Waals surface area contributed by atoms with E-state index in [2.05, 4.69) is 15.6 Å². The van der Waals surface area contributed by atoms with E-state index in [0.29, 0.717) is 33.0 Å². The highest BCUT2D eigenvalue weighted by Gasteiger charge is 2.13. The van der Waals surface area contributed by atoms with Crippen LogP contribution in [0.15, 0.2) is 35.3 Å². The Labute approximate surface area is 141 Å². The molecule has 0 atom stereocenters. The van der Waals surface area contributed by atoms with Crippen molar-refractivity contribution >= 4 is 32.7 Å². The smallest absolute Gasteiger partial charge is 0.321 e. The van der Waals surface area contributed by atoms with Gasteiger partial charge in [0.05, 0.1) is 10.2 Å². The molecule has 24 heavy (non-hydrogen) atoms. The Morgan fingerprint density at radius 3 is 2.88 bits per heavy atom. The molecule has 2 aromatic heterocycles. The predicted octanol–water partition coefficient (Wildman–Crippen LogP) is 2.94. The lowest BCUT2D eigenvalue weighted by atomic mass is 10.1. The van der Waals surface area contributed by atoms with Gasteiger partial charge in [0, 0.05) is 31.4 Å². The zero-order valence-corrected chi connectivity index (χ0v) is 13.9. The van der Waals surface area contributed by atoms with E-state index in [1.165, 1.54) is 28.0 Å². The highest BCUT2D eigenvalue weighted by molar-refractivity contribution is 7.22. The van der Waals surface area contributed by atoms with Gasteiger partial charge in [0.1, 0.15) is 5.82 Å².